The maximum Gasteiger partial charge on any atom is 0.208 e. The Bertz CT molecular complexity index is 316. The first-order valence-electron chi connectivity index (χ1n) is 5.44. The van der Waals surface area contributed by atoms with E-state index < -0.39 is 0 Å². The molecule has 4 heteroatoms. The predicted octanol–water partition coefficient (Wildman–Crippen LogP) is 1.56. The fraction of sp³-hybridized carbons (Fsp3) is 0.727. The van der Waals surface area contributed by atoms with Crippen LogP contribution in [0.5, 0.6) is 0 Å². The number of aromatic nitrogens is 1. The molecule has 0 saturated carbocycles. The molecule has 84 valence electrons. The molecule has 0 spiro atoms. The minimum absolute atomic E-state index is 0.294. The van der Waals surface area contributed by atoms with E-state index in [1.54, 1.807) is 0 Å². The van der Waals surface area contributed by atoms with Crippen molar-refractivity contribution < 1.29 is 9.15 Å². The molecule has 1 N–H and O–H groups in total. The monoisotopic (exact) mass is 210 g/mol. The number of hydrogen-bond acceptors (Lipinski definition) is 4. The third-order valence-electron chi connectivity index (χ3n) is 2.96. The van der Waals surface area contributed by atoms with Crippen LogP contribution < -0.4 is 5.32 Å². The highest BCUT2D eigenvalue weighted by Crippen LogP contribution is 2.14. The maximum absolute atomic E-state index is 5.49. The van der Waals surface area contributed by atoms with Crippen molar-refractivity contribution >= 4 is 0 Å². The van der Waals surface area contributed by atoms with Crippen molar-refractivity contribution in [2.24, 2.45) is 0 Å². The number of nitrogens with one attached hydrogen (secondary N) is 1. The van der Waals surface area contributed by atoms with Crippen LogP contribution in [-0.2, 0) is 11.3 Å². The van der Waals surface area contributed by atoms with Gasteiger partial charge in [0.15, 0.2) is 0 Å². The Hall–Kier alpha value is -0.870. The number of hydrogen-bond donors (Lipinski definition) is 1. The fourth-order valence-electron chi connectivity index (χ4n) is 1.83. The predicted molar refractivity (Wildman–Crippen MR) is 56.6 cm³/mol. The van der Waals surface area contributed by atoms with Gasteiger partial charge in [0.1, 0.15) is 5.76 Å². The van der Waals surface area contributed by atoms with Crippen LogP contribution in [0.1, 0.15) is 30.7 Å². The first kappa shape index (κ1) is 10.6. The lowest BCUT2D eigenvalue weighted by molar-refractivity contribution is 0.112. The van der Waals surface area contributed by atoms with Gasteiger partial charge >= 0.3 is 0 Å². The van der Waals surface area contributed by atoms with Gasteiger partial charge in [-0.2, -0.15) is 0 Å². The van der Waals surface area contributed by atoms with Crippen LogP contribution in [-0.4, -0.2) is 23.7 Å². The Kier molecular flexibility index (Phi) is 3.07. The van der Waals surface area contributed by atoms with Crippen LogP contribution in [0.25, 0.3) is 0 Å². The molecule has 2 rings (SSSR count). The van der Waals surface area contributed by atoms with Gasteiger partial charge in [0.25, 0.3) is 0 Å². The highest BCUT2D eigenvalue weighted by Gasteiger charge is 2.23. The van der Waals surface area contributed by atoms with Crippen LogP contribution >= 0.6 is 0 Å². The maximum atomic E-state index is 5.49. The summed E-state index contributed by atoms with van der Waals surface area (Å²) in [5.74, 6) is 1.67. The van der Waals surface area contributed by atoms with E-state index in [9.17, 15) is 0 Å². The second-order valence-corrected chi connectivity index (χ2v) is 4.10. The van der Waals surface area contributed by atoms with Crippen molar-refractivity contribution in [3.63, 3.8) is 0 Å². The lowest BCUT2D eigenvalue weighted by atomic mass is 10.1. The van der Waals surface area contributed by atoms with Crippen molar-refractivity contribution in [2.75, 3.05) is 6.61 Å². The van der Waals surface area contributed by atoms with E-state index in [1.165, 1.54) is 0 Å². The molecule has 1 aliphatic rings. The third-order valence-corrected chi connectivity index (χ3v) is 2.96. The van der Waals surface area contributed by atoms with E-state index in [4.69, 9.17) is 9.15 Å². The molecular formula is C11H18N2O2. The second kappa shape index (κ2) is 4.33. The molecule has 4 nitrogen and oxygen atoms in total. The van der Waals surface area contributed by atoms with Crippen molar-refractivity contribution in [2.45, 2.75) is 45.9 Å². The summed E-state index contributed by atoms with van der Waals surface area (Å²) in [5.41, 5.74) is 0.975. The standard InChI is InChI=1S/C11H18N2O2/c1-7-8(2)15-11(13-7)6-12-10-4-5-14-9(10)3/h9-10,12H,4-6H2,1-3H3. The second-order valence-electron chi connectivity index (χ2n) is 4.10. The van der Waals surface area contributed by atoms with Crippen LogP contribution in [0, 0.1) is 13.8 Å². The molecule has 1 aliphatic heterocycles. The van der Waals surface area contributed by atoms with Crippen LogP contribution in [0.4, 0.5) is 0 Å². The topological polar surface area (TPSA) is 47.3 Å². The molecule has 0 aliphatic carbocycles. The number of oxazole rings is 1. The Balaban J connectivity index is 1.87. The molecule has 0 radical (unpaired) electrons. The molecule has 2 atom stereocenters. The summed E-state index contributed by atoms with van der Waals surface area (Å²) in [4.78, 5) is 4.33. The Morgan fingerprint density at radius 2 is 2.27 bits per heavy atom. The summed E-state index contributed by atoms with van der Waals surface area (Å²) in [7, 11) is 0. The molecule has 15 heavy (non-hydrogen) atoms. The molecule has 1 fully saturated rings. The zero-order valence-corrected chi connectivity index (χ0v) is 9.54. The molecule has 0 amide bonds. The summed E-state index contributed by atoms with van der Waals surface area (Å²) >= 11 is 0. The Labute approximate surface area is 90.0 Å². The molecule has 1 aromatic heterocycles. The lowest BCUT2D eigenvalue weighted by Gasteiger charge is -2.14. The molecule has 2 heterocycles. The van der Waals surface area contributed by atoms with Crippen molar-refractivity contribution in [3.05, 3.63) is 17.3 Å². The fourth-order valence-corrected chi connectivity index (χ4v) is 1.83. The lowest BCUT2D eigenvalue weighted by Crippen LogP contribution is -2.34. The minimum atomic E-state index is 0.294. The first-order valence-corrected chi connectivity index (χ1v) is 5.44. The zero-order chi connectivity index (χ0) is 10.8. The summed E-state index contributed by atoms with van der Waals surface area (Å²) in [6.07, 6.45) is 1.36. The van der Waals surface area contributed by atoms with Gasteiger partial charge < -0.3 is 14.5 Å². The molecule has 1 saturated heterocycles. The van der Waals surface area contributed by atoms with Gasteiger partial charge in [-0.3, -0.25) is 0 Å². The minimum Gasteiger partial charge on any atom is -0.444 e. The molecule has 1 aromatic rings. The van der Waals surface area contributed by atoms with E-state index in [0.29, 0.717) is 18.7 Å². The molecular weight excluding hydrogens is 192 g/mol. The Morgan fingerprint density at radius 3 is 2.80 bits per heavy atom. The average molecular weight is 210 g/mol. The van der Waals surface area contributed by atoms with E-state index in [1.807, 2.05) is 13.8 Å². The number of rotatable bonds is 3. The Morgan fingerprint density at radius 1 is 1.47 bits per heavy atom. The highest BCUT2D eigenvalue weighted by molar-refractivity contribution is 5.05. The summed E-state index contributed by atoms with van der Waals surface area (Å²) in [6, 6.07) is 0.428. The summed E-state index contributed by atoms with van der Waals surface area (Å²) in [5, 5.41) is 3.41. The van der Waals surface area contributed by atoms with E-state index in [-0.39, 0.29) is 0 Å². The quantitative estimate of drug-likeness (QED) is 0.822. The highest BCUT2D eigenvalue weighted by atomic mass is 16.5. The van der Waals surface area contributed by atoms with Crippen molar-refractivity contribution in [1.29, 1.82) is 0 Å². The van der Waals surface area contributed by atoms with Crippen LogP contribution in [0.2, 0.25) is 0 Å². The van der Waals surface area contributed by atoms with E-state index in [2.05, 4.69) is 17.2 Å². The SMILES string of the molecule is Cc1nc(CNC2CCOC2C)oc1C. The molecule has 0 bridgehead atoms. The molecule has 0 aromatic carbocycles. The number of ether oxygens (including phenoxy) is 1. The van der Waals surface area contributed by atoms with E-state index in [0.717, 1.165) is 30.4 Å². The largest absolute Gasteiger partial charge is 0.444 e. The van der Waals surface area contributed by atoms with Gasteiger partial charge in [-0.05, 0) is 27.2 Å². The van der Waals surface area contributed by atoms with Gasteiger partial charge in [0.2, 0.25) is 5.89 Å². The van der Waals surface area contributed by atoms with Gasteiger partial charge in [-0.1, -0.05) is 0 Å². The van der Waals surface area contributed by atoms with Crippen LogP contribution in [0.3, 0.4) is 0 Å². The van der Waals surface area contributed by atoms with Gasteiger partial charge in [-0.15, -0.1) is 0 Å². The van der Waals surface area contributed by atoms with Gasteiger partial charge in [0, 0.05) is 12.6 Å². The molecule has 2 unspecified atom stereocenters. The normalized spacial score (nSPS) is 26.1. The summed E-state index contributed by atoms with van der Waals surface area (Å²) in [6.45, 7) is 7.53. The summed E-state index contributed by atoms with van der Waals surface area (Å²) < 4.78 is 11.0. The van der Waals surface area contributed by atoms with Crippen LogP contribution in [0.15, 0.2) is 4.42 Å². The third kappa shape index (κ3) is 2.38. The van der Waals surface area contributed by atoms with Gasteiger partial charge in [-0.25, -0.2) is 4.98 Å². The smallest absolute Gasteiger partial charge is 0.208 e. The first-order chi connectivity index (χ1) is 7.16. The van der Waals surface area contributed by atoms with Gasteiger partial charge in [0.05, 0.1) is 18.3 Å². The van der Waals surface area contributed by atoms with Crippen molar-refractivity contribution in [1.82, 2.24) is 10.3 Å². The number of aryl methyl sites for hydroxylation is 2. The zero-order valence-electron chi connectivity index (χ0n) is 9.54. The number of nitrogens with zero attached hydrogens (tertiary/aromatic N) is 1. The average Bonchev–Trinajstić information content (AvgIpc) is 2.72. The van der Waals surface area contributed by atoms with Crippen molar-refractivity contribution in [3.8, 4) is 0 Å². The van der Waals surface area contributed by atoms with E-state index >= 15 is 0 Å².